The van der Waals surface area contributed by atoms with Gasteiger partial charge in [-0.05, 0) is 12.1 Å². The third kappa shape index (κ3) is 3.64. The number of hydrogen-bond donors (Lipinski definition) is 1. The molecule has 2 aliphatic heterocycles. The van der Waals surface area contributed by atoms with Crippen LogP contribution in [0.4, 0.5) is 17.6 Å². The van der Waals surface area contributed by atoms with Crippen molar-refractivity contribution in [3.8, 4) is 11.4 Å². The molecular formula is C19H22N8O2. The zero-order chi connectivity index (χ0) is 19.6. The number of pyridine rings is 1. The largest absolute Gasteiger partial charge is 0.378 e. The number of fused-ring (bicyclic) bond motifs is 1. The number of rotatable bonds is 3. The standard InChI is InChI=1S/C19H22N8O2/c20-19-21-11-13(12-22-19)17-23-14-1-2-15(26-3-7-28-8-4-26)24-16(14)18(25-17)27-5-9-29-10-6-27/h1-2,11-12H,3-10H2,(H2,20,21,22). The molecule has 0 unspecified atom stereocenters. The minimum atomic E-state index is 0.222. The van der Waals surface area contributed by atoms with E-state index < -0.39 is 0 Å². The Kier molecular flexibility index (Phi) is 4.78. The van der Waals surface area contributed by atoms with Crippen LogP contribution in [0.5, 0.6) is 0 Å². The van der Waals surface area contributed by atoms with E-state index in [4.69, 9.17) is 30.2 Å². The lowest BCUT2D eigenvalue weighted by Crippen LogP contribution is -2.38. The van der Waals surface area contributed by atoms with Crippen molar-refractivity contribution in [2.75, 3.05) is 68.1 Å². The quantitative estimate of drug-likeness (QED) is 0.682. The van der Waals surface area contributed by atoms with Crippen molar-refractivity contribution < 1.29 is 9.47 Å². The maximum atomic E-state index is 5.62. The molecule has 0 atom stereocenters. The van der Waals surface area contributed by atoms with Crippen LogP contribution in [0.15, 0.2) is 24.5 Å². The van der Waals surface area contributed by atoms with Gasteiger partial charge in [-0.1, -0.05) is 0 Å². The Bertz CT molecular complexity index is 1000. The van der Waals surface area contributed by atoms with Gasteiger partial charge in [-0.25, -0.2) is 24.9 Å². The average molecular weight is 394 g/mol. The van der Waals surface area contributed by atoms with Gasteiger partial charge in [0.05, 0.1) is 37.5 Å². The monoisotopic (exact) mass is 394 g/mol. The molecule has 0 aromatic carbocycles. The van der Waals surface area contributed by atoms with Gasteiger partial charge in [0.1, 0.15) is 11.3 Å². The first kappa shape index (κ1) is 18.0. The molecule has 2 aliphatic rings. The molecule has 29 heavy (non-hydrogen) atoms. The highest BCUT2D eigenvalue weighted by Crippen LogP contribution is 2.28. The Balaban J connectivity index is 1.62. The molecule has 5 heterocycles. The second-order valence-electron chi connectivity index (χ2n) is 6.94. The van der Waals surface area contributed by atoms with Crippen LogP contribution < -0.4 is 15.5 Å². The molecule has 0 aliphatic carbocycles. The van der Waals surface area contributed by atoms with E-state index in [2.05, 4.69) is 19.8 Å². The van der Waals surface area contributed by atoms with Crippen molar-refractivity contribution in [2.45, 2.75) is 0 Å². The first-order chi connectivity index (χ1) is 14.3. The van der Waals surface area contributed by atoms with Crippen molar-refractivity contribution in [3.05, 3.63) is 24.5 Å². The topological polar surface area (TPSA) is 115 Å². The number of hydrogen-bond acceptors (Lipinski definition) is 10. The van der Waals surface area contributed by atoms with E-state index in [1.54, 1.807) is 12.4 Å². The van der Waals surface area contributed by atoms with Gasteiger partial charge in [0.2, 0.25) is 5.95 Å². The lowest BCUT2D eigenvalue weighted by atomic mass is 10.2. The summed E-state index contributed by atoms with van der Waals surface area (Å²) >= 11 is 0. The van der Waals surface area contributed by atoms with Gasteiger partial charge in [-0.15, -0.1) is 0 Å². The summed E-state index contributed by atoms with van der Waals surface area (Å²) in [5.41, 5.74) is 7.91. The number of nitrogens with two attached hydrogens (primary N) is 1. The SMILES string of the molecule is Nc1ncc(-c2nc(N3CCOCC3)c3nc(N4CCOCC4)ccc3n2)cn1. The third-order valence-electron chi connectivity index (χ3n) is 5.08. The van der Waals surface area contributed by atoms with E-state index in [0.717, 1.165) is 48.8 Å². The number of anilines is 3. The Hall–Kier alpha value is -3.11. The summed E-state index contributed by atoms with van der Waals surface area (Å²) in [5.74, 6) is 2.50. The Labute approximate surface area is 167 Å². The summed E-state index contributed by atoms with van der Waals surface area (Å²) in [4.78, 5) is 27.1. The molecule has 0 bridgehead atoms. The molecule has 10 heteroatoms. The fraction of sp³-hybridized carbons (Fsp3) is 0.421. The van der Waals surface area contributed by atoms with Gasteiger partial charge >= 0.3 is 0 Å². The number of aromatic nitrogens is 5. The average Bonchev–Trinajstić information content (AvgIpc) is 2.80. The van der Waals surface area contributed by atoms with Crippen LogP contribution in [0.1, 0.15) is 0 Å². The number of nitrogen functional groups attached to an aromatic ring is 1. The Morgan fingerprint density at radius 3 is 2.14 bits per heavy atom. The zero-order valence-electron chi connectivity index (χ0n) is 16.0. The smallest absolute Gasteiger partial charge is 0.219 e. The molecule has 2 fully saturated rings. The van der Waals surface area contributed by atoms with Crippen LogP contribution in [-0.4, -0.2) is 77.5 Å². The highest BCUT2D eigenvalue weighted by Gasteiger charge is 2.21. The van der Waals surface area contributed by atoms with Crippen LogP contribution in [0.2, 0.25) is 0 Å². The van der Waals surface area contributed by atoms with E-state index in [1.807, 2.05) is 12.1 Å². The Morgan fingerprint density at radius 2 is 1.45 bits per heavy atom. The Morgan fingerprint density at radius 1 is 0.793 bits per heavy atom. The summed E-state index contributed by atoms with van der Waals surface area (Å²) in [7, 11) is 0. The predicted octanol–water partition coefficient (Wildman–Crippen LogP) is 0.737. The minimum absolute atomic E-state index is 0.222. The van der Waals surface area contributed by atoms with Crippen LogP contribution >= 0.6 is 0 Å². The second kappa shape index (κ2) is 7.72. The summed E-state index contributed by atoms with van der Waals surface area (Å²) in [6, 6.07) is 4.01. The first-order valence-corrected chi connectivity index (χ1v) is 9.70. The van der Waals surface area contributed by atoms with Gasteiger partial charge in [-0.3, -0.25) is 0 Å². The summed E-state index contributed by atoms with van der Waals surface area (Å²) in [6.07, 6.45) is 3.28. The molecule has 0 amide bonds. The summed E-state index contributed by atoms with van der Waals surface area (Å²) in [6.45, 7) is 5.91. The van der Waals surface area contributed by atoms with E-state index >= 15 is 0 Å². The van der Waals surface area contributed by atoms with Crippen LogP contribution in [-0.2, 0) is 9.47 Å². The molecule has 0 spiro atoms. The van der Waals surface area contributed by atoms with E-state index in [9.17, 15) is 0 Å². The molecule has 0 radical (unpaired) electrons. The summed E-state index contributed by atoms with van der Waals surface area (Å²) in [5, 5.41) is 0. The van der Waals surface area contributed by atoms with Gasteiger partial charge in [-0.2, -0.15) is 0 Å². The summed E-state index contributed by atoms with van der Waals surface area (Å²) < 4.78 is 11.0. The van der Waals surface area contributed by atoms with Crippen molar-refractivity contribution in [1.82, 2.24) is 24.9 Å². The maximum Gasteiger partial charge on any atom is 0.219 e. The van der Waals surface area contributed by atoms with Crippen LogP contribution in [0.25, 0.3) is 22.4 Å². The molecule has 2 saturated heterocycles. The van der Waals surface area contributed by atoms with E-state index in [-0.39, 0.29) is 5.95 Å². The van der Waals surface area contributed by atoms with Crippen molar-refractivity contribution in [3.63, 3.8) is 0 Å². The lowest BCUT2D eigenvalue weighted by molar-refractivity contribution is 0.122. The highest BCUT2D eigenvalue weighted by atomic mass is 16.5. The molecule has 2 N–H and O–H groups in total. The van der Waals surface area contributed by atoms with E-state index in [0.29, 0.717) is 37.8 Å². The molecule has 3 aromatic heterocycles. The maximum absolute atomic E-state index is 5.62. The van der Waals surface area contributed by atoms with Crippen molar-refractivity contribution in [2.24, 2.45) is 0 Å². The van der Waals surface area contributed by atoms with Gasteiger partial charge in [0.15, 0.2) is 11.6 Å². The first-order valence-electron chi connectivity index (χ1n) is 9.70. The molecule has 3 aromatic rings. The number of ether oxygens (including phenoxy) is 2. The van der Waals surface area contributed by atoms with Crippen molar-refractivity contribution in [1.29, 1.82) is 0 Å². The number of nitrogens with zero attached hydrogens (tertiary/aromatic N) is 7. The normalized spacial score (nSPS) is 17.7. The second-order valence-corrected chi connectivity index (χ2v) is 6.94. The number of morpholine rings is 2. The molecule has 0 saturated carbocycles. The van der Waals surface area contributed by atoms with Crippen LogP contribution in [0, 0.1) is 0 Å². The molecule has 5 rings (SSSR count). The lowest BCUT2D eigenvalue weighted by Gasteiger charge is -2.30. The van der Waals surface area contributed by atoms with Crippen LogP contribution in [0.3, 0.4) is 0 Å². The fourth-order valence-corrected chi connectivity index (χ4v) is 3.54. The molecular weight excluding hydrogens is 372 g/mol. The highest BCUT2D eigenvalue weighted by molar-refractivity contribution is 5.88. The molecule has 150 valence electrons. The van der Waals surface area contributed by atoms with Gasteiger partial charge in [0, 0.05) is 38.6 Å². The van der Waals surface area contributed by atoms with Gasteiger partial charge < -0.3 is 25.0 Å². The van der Waals surface area contributed by atoms with Crippen molar-refractivity contribution >= 4 is 28.6 Å². The predicted molar refractivity (Wildman–Crippen MR) is 109 cm³/mol. The third-order valence-corrected chi connectivity index (χ3v) is 5.08. The van der Waals surface area contributed by atoms with Gasteiger partial charge in [0.25, 0.3) is 0 Å². The fourth-order valence-electron chi connectivity index (χ4n) is 3.54. The minimum Gasteiger partial charge on any atom is -0.378 e. The van der Waals surface area contributed by atoms with E-state index in [1.165, 1.54) is 0 Å². The molecule has 10 nitrogen and oxygen atoms in total. The zero-order valence-corrected chi connectivity index (χ0v) is 16.0.